The number of carbonyl (C=O) groups is 1. The summed E-state index contributed by atoms with van der Waals surface area (Å²) in [6.45, 7) is -0.525. The van der Waals surface area contributed by atoms with E-state index in [1.54, 1.807) is 4.83 Å². The zero-order chi connectivity index (χ0) is 24.9. The normalized spacial score (nSPS) is 20.7. The number of sulfonamides is 1. The molecule has 0 aliphatic carbocycles. The van der Waals surface area contributed by atoms with Crippen LogP contribution in [0.5, 0.6) is 5.75 Å². The first kappa shape index (κ1) is 26.3. The van der Waals surface area contributed by atoms with Crippen molar-refractivity contribution in [3.05, 3.63) is 58.9 Å². The summed E-state index contributed by atoms with van der Waals surface area (Å²) in [6, 6.07) is 9.01. The molecule has 0 bridgehead atoms. The summed E-state index contributed by atoms with van der Waals surface area (Å²) in [4.78, 5) is 13.9. The molecular weight excluding hydrogens is 495 g/mol. The van der Waals surface area contributed by atoms with E-state index < -0.39 is 33.5 Å². The van der Waals surface area contributed by atoms with Crippen LogP contribution >= 0.6 is 11.6 Å². The molecule has 2 unspecified atom stereocenters. The fraction of sp³-hybridized carbons (Fsp3) is 0.381. The van der Waals surface area contributed by atoms with E-state index >= 15 is 0 Å². The summed E-state index contributed by atoms with van der Waals surface area (Å²) in [5.41, 5.74) is 0.539. The number of hydrogen-bond donors (Lipinski definition) is 4. The predicted octanol–water partition coefficient (Wildman–Crippen LogP) is 1.97. The van der Waals surface area contributed by atoms with E-state index in [-0.39, 0.29) is 54.2 Å². The predicted molar refractivity (Wildman–Crippen MR) is 116 cm³/mol. The van der Waals surface area contributed by atoms with Crippen LogP contribution in [0.3, 0.4) is 0 Å². The molecule has 4 N–H and O–H groups in total. The number of nitrogens with one attached hydrogen (secondary N) is 1. The number of hydrazine groups is 1. The van der Waals surface area contributed by atoms with Crippen LogP contribution in [0.25, 0.3) is 0 Å². The summed E-state index contributed by atoms with van der Waals surface area (Å²) < 4.78 is 48.9. The van der Waals surface area contributed by atoms with Crippen LogP contribution in [0.4, 0.5) is 4.39 Å². The molecule has 1 aliphatic heterocycles. The fourth-order valence-electron chi connectivity index (χ4n) is 3.28. The second-order valence-corrected chi connectivity index (χ2v) is 9.78. The molecule has 34 heavy (non-hydrogen) atoms. The number of carbonyl (C=O) groups excluding carboxylic acids is 1. The summed E-state index contributed by atoms with van der Waals surface area (Å²) in [5, 5.41) is 29.1. The molecular formula is C21H24ClFN2O8S. The summed E-state index contributed by atoms with van der Waals surface area (Å²) in [7, 11) is -4.31. The Morgan fingerprint density at radius 3 is 2.59 bits per heavy atom. The Hall–Kier alpha value is -2.32. The molecule has 0 saturated carbocycles. The number of amides is 1. The van der Waals surface area contributed by atoms with Crippen molar-refractivity contribution in [2.45, 2.75) is 36.6 Å². The number of aliphatic hydroxyl groups excluding tert-OH is 1. The van der Waals surface area contributed by atoms with Gasteiger partial charge in [-0.1, -0.05) is 22.5 Å². The summed E-state index contributed by atoms with van der Waals surface area (Å²) >= 11 is 5.95. The Balaban J connectivity index is 1.56. The zero-order valence-corrected chi connectivity index (χ0v) is 19.4. The second kappa shape index (κ2) is 11.0. The number of aliphatic hydroxyl groups is 2. The molecule has 0 spiro atoms. The van der Waals surface area contributed by atoms with Gasteiger partial charge in [-0.05, 0) is 42.8 Å². The average molecular weight is 519 g/mol. The van der Waals surface area contributed by atoms with Gasteiger partial charge in [-0.3, -0.25) is 10.0 Å². The average Bonchev–Trinajstić information content (AvgIpc) is 2.78. The maximum atomic E-state index is 13.1. The molecule has 1 fully saturated rings. The summed E-state index contributed by atoms with van der Waals surface area (Å²) in [5.74, 6) is -3.57. The lowest BCUT2D eigenvalue weighted by atomic mass is 9.94. The minimum atomic E-state index is -4.31. The highest BCUT2D eigenvalue weighted by molar-refractivity contribution is 7.89. The van der Waals surface area contributed by atoms with Gasteiger partial charge in [-0.2, -0.15) is 0 Å². The van der Waals surface area contributed by atoms with E-state index in [4.69, 9.17) is 26.2 Å². The lowest BCUT2D eigenvalue weighted by molar-refractivity contribution is -0.246. The van der Waals surface area contributed by atoms with Crippen molar-refractivity contribution in [3.63, 3.8) is 0 Å². The Labute approximate surface area is 200 Å². The molecule has 10 nitrogen and oxygen atoms in total. The van der Waals surface area contributed by atoms with Crippen LogP contribution in [0.15, 0.2) is 47.4 Å². The van der Waals surface area contributed by atoms with Crippen molar-refractivity contribution in [2.24, 2.45) is 5.92 Å². The largest absolute Gasteiger partial charge is 0.489 e. The van der Waals surface area contributed by atoms with E-state index in [9.17, 15) is 27.9 Å². The number of nitrogens with zero attached hydrogens (tertiary/aromatic N) is 1. The van der Waals surface area contributed by atoms with E-state index in [0.717, 1.165) is 6.07 Å². The van der Waals surface area contributed by atoms with Gasteiger partial charge >= 0.3 is 0 Å². The van der Waals surface area contributed by atoms with Gasteiger partial charge in [0.1, 0.15) is 18.2 Å². The molecule has 0 aromatic heterocycles. The third kappa shape index (κ3) is 6.63. The van der Waals surface area contributed by atoms with Crippen LogP contribution in [0.1, 0.15) is 24.8 Å². The number of benzene rings is 2. The molecule has 1 saturated heterocycles. The first-order chi connectivity index (χ1) is 16.0. The number of rotatable bonds is 9. The Bertz CT molecular complexity index is 1110. The Morgan fingerprint density at radius 1 is 1.29 bits per heavy atom. The standard InChI is InChI=1S/C21H24ClFN2O8S/c22-19-11-16(23)2-1-14(19)12-32-17-3-5-18(6-4-17)34(30,31)24-25(29)20(27)15-7-8-21(28,9-10-26)33-13-15/h1-6,11,15,24,26,28-29H,7-10,12-13H2. The van der Waals surface area contributed by atoms with E-state index in [0.29, 0.717) is 11.3 Å². The molecule has 1 heterocycles. The van der Waals surface area contributed by atoms with Crippen molar-refractivity contribution in [2.75, 3.05) is 13.2 Å². The van der Waals surface area contributed by atoms with Crippen molar-refractivity contribution in [1.82, 2.24) is 10.0 Å². The number of hydrogen-bond acceptors (Lipinski definition) is 8. The Morgan fingerprint density at radius 2 is 2.00 bits per heavy atom. The van der Waals surface area contributed by atoms with Gasteiger partial charge in [0, 0.05) is 25.0 Å². The quantitative estimate of drug-likeness (QED) is 0.291. The topological polar surface area (TPSA) is 146 Å². The maximum absolute atomic E-state index is 13.1. The van der Waals surface area contributed by atoms with Crippen LogP contribution < -0.4 is 9.57 Å². The van der Waals surface area contributed by atoms with E-state index in [1.165, 1.54) is 36.4 Å². The van der Waals surface area contributed by atoms with Crippen molar-refractivity contribution in [3.8, 4) is 5.75 Å². The van der Waals surface area contributed by atoms with E-state index in [2.05, 4.69) is 0 Å². The molecule has 13 heteroatoms. The maximum Gasteiger partial charge on any atom is 0.267 e. The van der Waals surface area contributed by atoms with Gasteiger partial charge in [0.15, 0.2) is 5.79 Å². The molecule has 2 aromatic rings. The first-order valence-corrected chi connectivity index (χ1v) is 12.1. The monoisotopic (exact) mass is 518 g/mol. The highest BCUT2D eigenvalue weighted by Gasteiger charge is 2.38. The van der Waals surface area contributed by atoms with Crippen molar-refractivity contribution < 1.29 is 42.5 Å². The third-order valence-corrected chi connectivity index (χ3v) is 6.91. The third-order valence-electron chi connectivity index (χ3n) is 5.25. The lowest BCUT2D eigenvalue weighted by Gasteiger charge is -2.35. The zero-order valence-electron chi connectivity index (χ0n) is 17.9. The Kier molecular flexibility index (Phi) is 8.47. The van der Waals surface area contributed by atoms with Gasteiger partial charge in [0.2, 0.25) is 0 Å². The van der Waals surface area contributed by atoms with Crippen LogP contribution in [0, 0.1) is 11.7 Å². The van der Waals surface area contributed by atoms with Crippen molar-refractivity contribution >= 4 is 27.5 Å². The highest BCUT2D eigenvalue weighted by Crippen LogP contribution is 2.29. The van der Waals surface area contributed by atoms with Crippen molar-refractivity contribution in [1.29, 1.82) is 0 Å². The lowest BCUT2D eigenvalue weighted by Crippen LogP contribution is -2.50. The molecule has 1 aliphatic rings. The van der Waals surface area contributed by atoms with Gasteiger partial charge in [-0.25, -0.2) is 12.8 Å². The van der Waals surface area contributed by atoms with Gasteiger partial charge < -0.3 is 19.7 Å². The van der Waals surface area contributed by atoms with Gasteiger partial charge in [0.25, 0.3) is 15.9 Å². The minimum Gasteiger partial charge on any atom is -0.489 e. The van der Waals surface area contributed by atoms with E-state index in [1.807, 2.05) is 0 Å². The second-order valence-electron chi connectivity index (χ2n) is 7.71. The van der Waals surface area contributed by atoms with Crippen LogP contribution in [-0.2, 0) is 26.2 Å². The smallest absolute Gasteiger partial charge is 0.267 e. The highest BCUT2D eigenvalue weighted by atomic mass is 35.5. The van der Waals surface area contributed by atoms with Gasteiger partial charge in [-0.15, -0.1) is 5.17 Å². The molecule has 2 aromatic carbocycles. The minimum absolute atomic E-state index is 0.0271. The number of ether oxygens (including phenoxy) is 2. The SMILES string of the molecule is O=C(C1CCC(O)(CCO)OC1)N(O)NS(=O)(=O)c1ccc(OCc2ccc(F)cc2Cl)cc1. The molecule has 1 amide bonds. The number of hydroxylamine groups is 1. The summed E-state index contributed by atoms with van der Waals surface area (Å²) in [6.07, 6.45) is 0.132. The molecule has 0 radical (unpaired) electrons. The molecule has 3 rings (SSSR count). The molecule has 2 atom stereocenters. The fourth-order valence-corrected chi connectivity index (χ4v) is 4.42. The van der Waals surface area contributed by atoms with Crippen LogP contribution in [0.2, 0.25) is 5.02 Å². The van der Waals surface area contributed by atoms with Crippen LogP contribution in [-0.4, -0.2) is 53.9 Å². The number of halogens is 2. The molecule has 186 valence electrons. The first-order valence-electron chi connectivity index (χ1n) is 10.2. The van der Waals surface area contributed by atoms with Gasteiger partial charge in [0.05, 0.1) is 22.4 Å².